The number of nitrogens with one attached hydrogen (secondary N) is 2. The van der Waals surface area contributed by atoms with Crippen LogP contribution in [0.5, 0.6) is 0 Å². The minimum Gasteiger partial charge on any atom is -0.356 e. The molecular formula is C23H20Cl2N4O3. The first-order chi connectivity index (χ1) is 15.2. The van der Waals surface area contributed by atoms with E-state index in [1.54, 1.807) is 4.90 Å². The van der Waals surface area contributed by atoms with Gasteiger partial charge in [-0.1, -0.05) is 41.4 Å². The van der Waals surface area contributed by atoms with E-state index in [1.807, 2.05) is 38.1 Å². The zero-order valence-electron chi connectivity index (χ0n) is 17.4. The summed E-state index contributed by atoms with van der Waals surface area (Å²) in [6.07, 6.45) is 0.363. The predicted molar refractivity (Wildman–Crippen MR) is 121 cm³/mol. The summed E-state index contributed by atoms with van der Waals surface area (Å²) >= 11 is 12.0. The number of fused-ring (bicyclic) bond motifs is 4. The Bertz CT molecular complexity index is 1300. The average Bonchev–Trinajstić information content (AvgIpc) is 3.11. The van der Waals surface area contributed by atoms with E-state index in [2.05, 4.69) is 10.4 Å². The second kappa shape index (κ2) is 7.25. The fourth-order valence-electron chi connectivity index (χ4n) is 4.83. The molecule has 2 N–H and O–H groups in total. The van der Waals surface area contributed by atoms with Gasteiger partial charge < -0.3 is 9.88 Å². The number of amides is 3. The lowest BCUT2D eigenvalue weighted by atomic mass is 9.82. The molecule has 32 heavy (non-hydrogen) atoms. The van der Waals surface area contributed by atoms with Crippen molar-refractivity contribution in [1.29, 1.82) is 0 Å². The van der Waals surface area contributed by atoms with Gasteiger partial charge in [0.05, 0.1) is 16.1 Å². The number of piperazine rings is 1. The van der Waals surface area contributed by atoms with Gasteiger partial charge in [-0.2, -0.15) is 0 Å². The van der Waals surface area contributed by atoms with Crippen molar-refractivity contribution in [3.05, 3.63) is 69.3 Å². The molecule has 0 saturated carbocycles. The van der Waals surface area contributed by atoms with Crippen LogP contribution in [0.15, 0.2) is 42.5 Å². The number of benzene rings is 2. The summed E-state index contributed by atoms with van der Waals surface area (Å²) in [6.45, 7) is 3.60. The summed E-state index contributed by atoms with van der Waals surface area (Å²) in [4.78, 5) is 44.4. The highest BCUT2D eigenvalue weighted by Gasteiger charge is 2.51. The fraction of sp³-hybridized carbons (Fsp3) is 0.261. The quantitative estimate of drug-likeness (QED) is 0.599. The summed E-state index contributed by atoms with van der Waals surface area (Å²) in [6, 6.07) is 11.6. The summed E-state index contributed by atoms with van der Waals surface area (Å²) in [5.74, 6) is -1.16. The molecule has 2 aliphatic rings. The van der Waals surface area contributed by atoms with Crippen LogP contribution in [0.3, 0.4) is 0 Å². The van der Waals surface area contributed by atoms with Gasteiger partial charge in [-0.25, -0.2) is 5.01 Å². The van der Waals surface area contributed by atoms with Crippen molar-refractivity contribution in [2.45, 2.75) is 31.8 Å². The molecule has 5 rings (SSSR count). The topological polar surface area (TPSA) is 85.5 Å². The van der Waals surface area contributed by atoms with Crippen LogP contribution in [0.4, 0.5) is 0 Å². The van der Waals surface area contributed by atoms with Crippen LogP contribution in [-0.2, 0) is 21.5 Å². The van der Waals surface area contributed by atoms with Crippen molar-refractivity contribution in [3.63, 3.8) is 0 Å². The molecule has 9 heteroatoms. The first-order valence-corrected chi connectivity index (χ1v) is 10.9. The second-order valence-corrected chi connectivity index (χ2v) is 9.40. The highest BCUT2D eigenvalue weighted by Crippen LogP contribution is 2.42. The number of H-pyrrole nitrogens is 1. The van der Waals surface area contributed by atoms with Gasteiger partial charge in [-0.15, -0.1) is 0 Å². The Kier molecular flexibility index (Phi) is 4.72. The van der Waals surface area contributed by atoms with Crippen LogP contribution in [0.2, 0.25) is 10.0 Å². The highest BCUT2D eigenvalue weighted by molar-refractivity contribution is 6.36. The van der Waals surface area contributed by atoms with Crippen molar-refractivity contribution in [3.8, 4) is 0 Å². The van der Waals surface area contributed by atoms with Crippen molar-refractivity contribution in [2.24, 2.45) is 0 Å². The van der Waals surface area contributed by atoms with Gasteiger partial charge in [-0.05, 0) is 43.7 Å². The first-order valence-electron chi connectivity index (χ1n) is 10.2. The van der Waals surface area contributed by atoms with Crippen LogP contribution < -0.4 is 5.43 Å². The molecule has 2 aliphatic heterocycles. The second-order valence-electron chi connectivity index (χ2n) is 8.56. The molecule has 0 unspecified atom stereocenters. The van der Waals surface area contributed by atoms with E-state index in [-0.39, 0.29) is 28.9 Å². The Morgan fingerprint density at radius 1 is 1.16 bits per heavy atom. The minimum absolute atomic E-state index is 0.162. The van der Waals surface area contributed by atoms with Crippen LogP contribution in [0, 0.1) is 0 Å². The number of aromatic nitrogens is 1. The Hall–Kier alpha value is -3.03. The van der Waals surface area contributed by atoms with E-state index in [1.165, 1.54) is 18.2 Å². The number of halogens is 2. The van der Waals surface area contributed by atoms with E-state index in [9.17, 15) is 14.4 Å². The van der Waals surface area contributed by atoms with Crippen LogP contribution in [0.1, 0.15) is 35.5 Å². The number of carbonyl (C=O) groups excluding carboxylic acids is 3. The van der Waals surface area contributed by atoms with Crippen molar-refractivity contribution < 1.29 is 14.4 Å². The van der Waals surface area contributed by atoms with Gasteiger partial charge in [0.1, 0.15) is 12.6 Å². The molecular weight excluding hydrogens is 451 g/mol. The van der Waals surface area contributed by atoms with Gasteiger partial charge in [0, 0.05) is 28.0 Å². The molecule has 3 heterocycles. The molecule has 2 aromatic carbocycles. The summed E-state index contributed by atoms with van der Waals surface area (Å²) < 4.78 is 0. The normalized spacial score (nSPS) is 19.7. The number of hydrogen-bond donors (Lipinski definition) is 2. The SMILES string of the molecule is CC1(C)c2[nH]c3ccccc3c2C[C@H]2C(=O)N(NC(=O)c3ccc(Cl)cc3Cl)CC(=O)N21. The number of aromatic amines is 1. The zero-order chi connectivity index (χ0) is 22.8. The summed E-state index contributed by atoms with van der Waals surface area (Å²) in [5.41, 5.74) is 4.93. The van der Waals surface area contributed by atoms with Gasteiger partial charge in [0.15, 0.2) is 0 Å². The van der Waals surface area contributed by atoms with Crippen molar-refractivity contribution in [1.82, 2.24) is 20.3 Å². The Labute approximate surface area is 194 Å². The number of para-hydroxylation sites is 1. The molecule has 7 nitrogen and oxygen atoms in total. The molecule has 3 aromatic rings. The largest absolute Gasteiger partial charge is 0.356 e. The molecule has 1 aromatic heterocycles. The number of nitrogens with zero attached hydrogens (tertiary/aromatic N) is 2. The lowest BCUT2D eigenvalue weighted by molar-refractivity contribution is -0.166. The standard InChI is InChI=1S/C23H20Cl2N4O3/c1-23(2)20-15(13-5-3-4-6-17(13)26-20)10-18-22(32)28(11-19(30)29(18)23)27-21(31)14-8-7-12(24)9-16(14)25/h3-9,18,26H,10-11H2,1-2H3,(H,27,31)/t18-/m0/s1. The van der Waals surface area contributed by atoms with E-state index >= 15 is 0 Å². The lowest BCUT2D eigenvalue weighted by Gasteiger charge is -2.50. The van der Waals surface area contributed by atoms with E-state index < -0.39 is 17.5 Å². The minimum atomic E-state index is -0.723. The van der Waals surface area contributed by atoms with Crippen molar-refractivity contribution in [2.75, 3.05) is 6.54 Å². The number of carbonyl (C=O) groups is 3. The third-order valence-corrected chi connectivity index (χ3v) is 6.81. The average molecular weight is 471 g/mol. The van der Waals surface area contributed by atoms with Crippen molar-refractivity contribution >= 4 is 51.8 Å². The van der Waals surface area contributed by atoms with Gasteiger partial charge in [-0.3, -0.25) is 19.8 Å². The number of rotatable bonds is 2. The third-order valence-electron chi connectivity index (χ3n) is 6.26. The molecule has 0 aliphatic carbocycles. The van der Waals surface area contributed by atoms with Gasteiger partial charge >= 0.3 is 0 Å². The Morgan fingerprint density at radius 3 is 2.66 bits per heavy atom. The smallest absolute Gasteiger partial charge is 0.271 e. The molecule has 0 spiro atoms. The fourth-order valence-corrected chi connectivity index (χ4v) is 5.33. The maximum Gasteiger partial charge on any atom is 0.271 e. The van der Waals surface area contributed by atoms with Gasteiger partial charge in [0.2, 0.25) is 5.91 Å². The number of hydrazine groups is 1. The lowest BCUT2D eigenvalue weighted by Crippen LogP contribution is -2.69. The highest BCUT2D eigenvalue weighted by atomic mass is 35.5. The molecule has 1 saturated heterocycles. The molecule has 3 amide bonds. The first kappa shape index (κ1) is 20.8. The maximum absolute atomic E-state index is 13.4. The maximum atomic E-state index is 13.4. The van der Waals surface area contributed by atoms with E-state index in [4.69, 9.17) is 23.2 Å². The van der Waals surface area contributed by atoms with E-state index in [0.717, 1.165) is 27.2 Å². The summed E-state index contributed by atoms with van der Waals surface area (Å²) in [5, 5.41) is 2.68. The van der Waals surface area contributed by atoms with E-state index in [0.29, 0.717) is 11.4 Å². The number of hydrogen-bond acceptors (Lipinski definition) is 3. The molecule has 1 atom stereocenters. The van der Waals surface area contributed by atoms with Crippen LogP contribution >= 0.6 is 23.2 Å². The molecule has 0 radical (unpaired) electrons. The monoisotopic (exact) mass is 470 g/mol. The Morgan fingerprint density at radius 2 is 1.91 bits per heavy atom. The third kappa shape index (κ3) is 3.07. The molecule has 0 bridgehead atoms. The van der Waals surface area contributed by atoms with Gasteiger partial charge in [0.25, 0.3) is 11.8 Å². The zero-order valence-corrected chi connectivity index (χ0v) is 18.9. The molecule has 164 valence electrons. The molecule has 1 fully saturated rings. The predicted octanol–water partition coefficient (Wildman–Crippen LogP) is 3.65. The Balaban J connectivity index is 1.48. The van der Waals surface area contributed by atoms with Crippen LogP contribution in [0.25, 0.3) is 10.9 Å². The van der Waals surface area contributed by atoms with Crippen LogP contribution in [-0.4, -0.2) is 45.2 Å². The summed E-state index contributed by atoms with van der Waals surface area (Å²) in [7, 11) is 0.